The Labute approximate surface area is 109 Å². The fourth-order valence-corrected chi connectivity index (χ4v) is 2.18. The first-order valence-corrected chi connectivity index (χ1v) is 5.91. The molecule has 1 aromatic rings. The highest BCUT2D eigenvalue weighted by Gasteiger charge is 2.39. The molecule has 0 bridgehead atoms. The molecule has 2 atom stereocenters. The average molecular weight is 265 g/mol. The van der Waals surface area contributed by atoms with E-state index in [0.717, 1.165) is 4.90 Å². The summed E-state index contributed by atoms with van der Waals surface area (Å²) >= 11 is 0. The van der Waals surface area contributed by atoms with Crippen LogP contribution in [0.3, 0.4) is 0 Å². The number of aliphatic carboxylic acids is 1. The Morgan fingerprint density at radius 1 is 1.37 bits per heavy atom. The van der Waals surface area contributed by atoms with Gasteiger partial charge in [-0.15, -0.1) is 0 Å². The minimum atomic E-state index is -1.14. The van der Waals surface area contributed by atoms with Gasteiger partial charge < -0.3 is 20.2 Å². The van der Waals surface area contributed by atoms with Crippen molar-refractivity contribution in [3.05, 3.63) is 29.3 Å². The molecule has 6 nitrogen and oxygen atoms in total. The molecule has 19 heavy (non-hydrogen) atoms. The summed E-state index contributed by atoms with van der Waals surface area (Å²) in [5.41, 5.74) is 0.844. The zero-order chi connectivity index (χ0) is 14.2. The highest BCUT2D eigenvalue weighted by Crippen LogP contribution is 2.23. The van der Waals surface area contributed by atoms with Gasteiger partial charge in [0.25, 0.3) is 5.91 Å². The molecule has 1 amide bonds. The quantitative estimate of drug-likeness (QED) is 0.717. The van der Waals surface area contributed by atoms with E-state index < -0.39 is 24.0 Å². The number of amides is 1. The summed E-state index contributed by atoms with van der Waals surface area (Å²) in [7, 11) is 0. The first kappa shape index (κ1) is 13.4. The Kier molecular flexibility index (Phi) is 3.44. The Morgan fingerprint density at radius 3 is 2.63 bits per heavy atom. The number of hydrogen-bond donors (Lipinski definition) is 3. The third-order valence-electron chi connectivity index (χ3n) is 3.28. The zero-order valence-electron chi connectivity index (χ0n) is 10.4. The standard InChI is InChI=1S/C13H15NO5/c1-7-2-3-8(4-11(7)16)12(17)14-6-9(15)5-10(14)13(18)19/h2-4,9-10,15-16H,5-6H2,1H3,(H,18,19)/t9?,10-/m0/s1. The smallest absolute Gasteiger partial charge is 0.326 e. The second-order valence-electron chi connectivity index (χ2n) is 4.70. The van der Waals surface area contributed by atoms with Crippen LogP contribution in [0.25, 0.3) is 0 Å². The molecule has 0 aliphatic carbocycles. The van der Waals surface area contributed by atoms with Crippen LogP contribution in [-0.2, 0) is 4.79 Å². The van der Waals surface area contributed by atoms with E-state index in [1.807, 2.05) is 0 Å². The number of carboxylic acids is 1. The largest absolute Gasteiger partial charge is 0.508 e. The highest BCUT2D eigenvalue weighted by atomic mass is 16.4. The van der Waals surface area contributed by atoms with Gasteiger partial charge >= 0.3 is 5.97 Å². The fourth-order valence-electron chi connectivity index (χ4n) is 2.18. The lowest BCUT2D eigenvalue weighted by Crippen LogP contribution is -2.40. The number of phenols is 1. The minimum Gasteiger partial charge on any atom is -0.508 e. The number of aliphatic hydroxyl groups excluding tert-OH is 1. The summed E-state index contributed by atoms with van der Waals surface area (Å²) in [6.45, 7) is 1.69. The lowest BCUT2D eigenvalue weighted by Gasteiger charge is -2.21. The molecule has 1 aliphatic rings. The number of aryl methyl sites for hydroxylation is 1. The second kappa shape index (κ2) is 4.89. The molecule has 3 N–H and O–H groups in total. The molecule has 1 heterocycles. The predicted molar refractivity (Wildman–Crippen MR) is 65.9 cm³/mol. The summed E-state index contributed by atoms with van der Waals surface area (Å²) in [5.74, 6) is -1.65. The third-order valence-corrected chi connectivity index (χ3v) is 3.28. The SMILES string of the molecule is Cc1ccc(C(=O)N2CC(O)C[C@H]2C(=O)O)cc1O. The lowest BCUT2D eigenvalue weighted by atomic mass is 10.1. The van der Waals surface area contributed by atoms with Gasteiger partial charge in [0, 0.05) is 18.5 Å². The Bertz CT molecular complexity index is 528. The summed E-state index contributed by atoms with van der Waals surface area (Å²) in [5, 5.41) is 28.1. The van der Waals surface area contributed by atoms with Gasteiger partial charge in [0.15, 0.2) is 0 Å². The van der Waals surface area contributed by atoms with Crippen molar-refractivity contribution >= 4 is 11.9 Å². The first-order valence-electron chi connectivity index (χ1n) is 5.91. The van der Waals surface area contributed by atoms with Crippen molar-refractivity contribution in [1.29, 1.82) is 0 Å². The van der Waals surface area contributed by atoms with Crippen LogP contribution in [-0.4, -0.2) is 50.8 Å². The molecule has 1 aliphatic heterocycles. The monoisotopic (exact) mass is 265 g/mol. The van der Waals surface area contributed by atoms with Gasteiger partial charge in [-0.1, -0.05) is 6.07 Å². The topological polar surface area (TPSA) is 98.1 Å². The zero-order valence-corrected chi connectivity index (χ0v) is 10.4. The van der Waals surface area contributed by atoms with Gasteiger partial charge in [-0.05, 0) is 24.6 Å². The van der Waals surface area contributed by atoms with Gasteiger partial charge in [-0.2, -0.15) is 0 Å². The Balaban J connectivity index is 2.27. The van der Waals surface area contributed by atoms with E-state index >= 15 is 0 Å². The Morgan fingerprint density at radius 2 is 2.05 bits per heavy atom. The molecule has 1 aromatic carbocycles. The number of carbonyl (C=O) groups excluding carboxylic acids is 1. The van der Waals surface area contributed by atoms with E-state index in [1.165, 1.54) is 12.1 Å². The van der Waals surface area contributed by atoms with Gasteiger partial charge in [-0.3, -0.25) is 4.79 Å². The van der Waals surface area contributed by atoms with Crippen molar-refractivity contribution in [2.45, 2.75) is 25.5 Å². The predicted octanol–water partition coefficient (Wildman–Crippen LogP) is 0.361. The van der Waals surface area contributed by atoms with Crippen molar-refractivity contribution in [3.8, 4) is 5.75 Å². The van der Waals surface area contributed by atoms with Crippen LogP contribution in [0, 0.1) is 6.92 Å². The van der Waals surface area contributed by atoms with Crippen LogP contribution in [0.2, 0.25) is 0 Å². The van der Waals surface area contributed by atoms with Gasteiger partial charge in [-0.25, -0.2) is 4.79 Å². The highest BCUT2D eigenvalue weighted by molar-refractivity contribution is 5.97. The van der Waals surface area contributed by atoms with Crippen molar-refractivity contribution in [1.82, 2.24) is 4.90 Å². The first-order chi connectivity index (χ1) is 8.90. The lowest BCUT2D eigenvalue weighted by molar-refractivity contribution is -0.141. The summed E-state index contributed by atoms with van der Waals surface area (Å²) in [4.78, 5) is 24.4. The molecular formula is C13H15NO5. The molecule has 6 heteroatoms. The fraction of sp³-hybridized carbons (Fsp3) is 0.385. The summed E-state index contributed by atoms with van der Waals surface area (Å²) < 4.78 is 0. The van der Waals surface area contributed by atoms with Crippen molar-refractivity contribution in [2.75, 3.05) is 6.54 Å². The van der Waals surface area contributed by atoms with Crippen molar-refractivity contribution in [2.24, 2.45) is 0 Å². The van der Waals surface area contributed by atoms with Crippen LogP contribution in [0.4, 0.5) is 0 Å². The number of aliphatic hydroxyl groups is 1. The number of rotatable bonds is 2. The second-order valence-corrected chi connectivity index (χ2v) is 4.70. The number of benzene rings is 1. The van der Waals surface area contributed by atoms with Crippen LogP contribution < -0.4 is 0 Å². The van der Waals surface area contributed by atoms with E-state index in [-0.39, 0.29) is 24.3 Å². The maximum atomic E-state index is 12.2. The van der Waals surface area contributed by atoms with E-state index in [0.29, 0.717) is 5.56 Å². The van der Waals surface area contributed by atoms with Gasteiger partial charge in [0.2, 0.25) is 0 Å². The molecule has 1 unspecified atom stereocenters. The van der Waals surface area contributed by atoms with Crippen molar-refractivity contribution in [3.63, 3.8) is 0 Å². The molecule has 0 spiro atoms. The molecule has 0 saturated carbocycles. The van der Waals surface area contributed by atoms with Crippen molar-refractivity contribution < 1.29 is 24.9 Å². The molecular weight excluding hydrogens is 250 g/mol. The number of nitrogens with zero attached hydrogens (tertiary/aromatic N) is 1. The number of aromatic hydroxyl groups is 1. The Hall–Kier alpha value is -2.08. The molecule has 2 rings (SSSR count). The molecule has 1 saturated heterocycles. The average Bonchev–Trinajstić information content (AvgIpc) is 2.74. The number of phenolic OH excluding ortho intramolecular Hbond substituents is 1. The van der Waals surface area contributed by atoms with Gasteiger partial charge in [0.05, 0.1) is 6.10 Å². The van der Waals surface area contributed by atoms with Gasteiger partial charge in [0.1, 0.15) is 11.8 Å². The molecule has 0 radical (unpaired) electrons. The van der Waals surface area contributed by atoms with E-state index in [9.17, 15) is 19.8 Å². The maximum absolute atomic E-state index is 12.2. The maximum Gasteiger partial charge on any atom is 0.326 e. The molecule has 1 fully saturated rings. The van der Waals surface area contributed by atoms with E-state index in [1.54, 1.807) is 13.0 Å². The van der Waals surface area contributed by atoms with Crippen LogP contribution in [0.15, 0.2) is 18.2 Å². The number of hydrogen-bond acceptors (Lipinski definition) is 4. The van der Waals surface area contributed by atoms with Crippen LogP contribution in [0.1, 0.15) is 22.3 Å². The van der Waals surface area contributed by atoms with Crippen LogP contribution in [0.5, 0.6) is 5.75 Å². The van der Waals surface area contributed by atoms with E-state index in [4.69, 9.17) is 5.11 Å². The van der Waals surface area contributed by atoms with E-state index in [2.05, 4.69) is 0 Å². The summed E-state index contributed by atoms with van der Waals surface area (Å²) in [6.07, 6.45) is -0.803. The number of likely N-dealkylation sites (tertiary alicyclic amines) is 1. The summed E-state index contributed by atoms with van der Waals surface area (Å²) in [6, 6.07) is 3.40. The number of β-amino-alcohol motifs (C(OH)–C–C–N with tert-alkyl or cyclic N) is 1. The van der Waals surface area contributed by atoms with Crippen LogP contribution >= 0.6 is 0 Å². The molecule has 102 valence electrons. The minimum absolute atomic E-state index is 0.00949. The molecule has 0 aromatic heterocycles. The number of carbonyl (C=O) groups is 2. The third kappa shape index (κ3) is 2.53. The number of carboxylic acid groups (broad SMARTS) is 1. The normalized spacial score (nSPS) is 22.5.